The average Bonchev–Trinajstić information content (AvgIpc) is 3.16. The number of fused-ring (bicyclic) bond motifs is 3. The summed E-state index contributed by atoms with van der Waals surface area (Å²) in [6.45, 7) is 4.95. The first kappa shape index (κ1) is 25.3. The van der Waals surface area contributed by atoms with Gasteiger partial charge in [-0.25, -0.2) is 4.79 Å². The molecule has 1 aliphatic rings. The molecule has 3 rings (SSSR count). The Bertz CT molecular complexity index is 961. The van der Waals surface area contributed by atoms with Crippen molar-refractivity contribution in [1.82, 2.24) is 10.6 Å². The zero-order valence-electron chi connectivity index (χ0n) is 19.9. The highest BCUT2D eigenvalue weighted by Gasteiger charge is 2.28. The molecule has 0 saturated carbocycles. The van der Waals surface area contributed by atoms with Crippen LogP contribution in [-0.4, -0.2) is 42.8 Å². The van der Waals surface area contributed by atoms with Crippen LogP contribution in [-0.2, 0) is 14.3 Å². The van der Waals surface area contributed by atoms with E-state index in [1.165, 1.54) is 22.3 Å². The molecule has 182 valence electrons. The molecule has 2 amide bonds. The van der Waals surface area contributed by atoms with E-state index in [-0.39, 0.29) is 36.7 Å². The normalized spacial score (nSPS) is 13.9. The third kappa shape index (κ3) is 6.83. The molecule has 0 fully saturated rings. The van der Waals surface area contributed by atoms with Gasteiger partial charge in [-0.1, -0.05) is 62.4 Å². The quantitative estimate of drug-likeness (QED) is 0.398. The average molecular weight is 467 g/mol. The Morgan fingerprint density at radius 1 is 0.941 bits per heavy atom. The lowest BCUT2D eigenvalue weighted by molar-refractivity contribution is -0.137. The minimum atomic E-state index is -0.824. The zero-order valence-corrected chi connectivity index (χ0v) is 19.9. The van der Waals surface area contributed by atoms with Crippen molar-refractivity contribution < 1.29 is 24.2 Å². The molecule has 1 aliphatic carbocycles. The summed E-state index contributed by atoms with van der Waals surface area (Å²) in [5, 5.41) is 14.4. The van der Waals surface area contributed by atoms with Crippen LogP contribution < -0.4 is 10.6 Å². The number of carboxylic acids is 1. The summed E-state index contributed by atoms with van der Waals surface area (Å²) < 4.78 is 5.53. The summed E-state index contributed by atoms with van der Waals surface area (Å²) in [5.41, 5.74) is 4.73. The van der Waals surface area contributed by atoms with Crippen LogP contribution in [0.3, 0.4) is 0 Å². The molecule has 34 heavy (non-hydrogen) atoms. The maximum absolute atomic E-state index is 12.2. The second-order valence-corrected chi connectivity index (χ2v) is 9.08. The largest absolute Gasteiger partial charge is 0.481 e. The summed E-state index contributed by atoms with van der Waals surface area (Å²) >= 11 is 0. The number of amides is 2. The SMILES string of the molecule is CC(CCC(=O)O)CNC(=O)C(C)CCCNC(=O)OCC1c2ccccc2-c2ccccc21. The number of rotatable bonds is 12. The molecule has 7 nitrogen and oxygen atoms in total. The van der Waals surface area contributed by atoms with Crippen molar-refractivity contribution in [2.24, 2.45) is 11.8 Å². The molecule has 2 aromatic carbocycles. The first-order chi connectivity index (χ1) is 16.4. The predicted octanol–water partition coefficient (Wildman–Crippen LogP) is 4.56. The van der Waals surface area contributed by atoms with Crippen molar-refractivity contribution in [3.8, 4) is 11.1 Å². The van der Waals surface area contributed by atoms with Crippen molar-refractivity contribution in [3.05, 3.63) is 59.7 Å². The van der Waals surface area contributed by atoms with Gasteiger partial charge < -0.3 is 20.5 Å². The van der Waals surface area contributed by atoms with Crippen molar-refractivity contribution in [2.75, 3.05) is 19.7 Å². The molecule has 3 N–H and O–H groups in total. The predicted molar refractivity (Wildman–Crippen MR) is 131 cm³/mol. The fourth-order valence-electron chi connectivity index (χ4n) is 4.30. The first-order valence-corrected chi connectivity index (χ1v) is 11.9. The summed E-state index contributed by atoms with van der Waals surface area (Å²) in [6.07, 6.45) is 1.49. The van der Waals surface area contributed by atoms with E-state index in [1.54, 1.807) is 0 Å². The van der Waals surface area contributed by atoms with E-state index in [1.807, 2.05) is 38.1 Å². The van der Waals surface area contributed by atoms with Gasteiger partial charge in [0.15, 0.2) is 0 Å². The van der Waals surface area contributed by atoms with E-state index in [2.05, 4.69) is 34.9 Å². The van der Waals surface area contributed by atoms with Gasteiger partial charge in [0.05, 0.1) is 0 Å². The molecule has 0 saturated heterocycles. The van der Waals surface area contributed by atoms with Crippen LogP contribution in [0.2, 0.25) is 0 Å². The van der Waals surface area contributed by atoms with Gasteiger partial charge in [-0.2, -0.15) is 0 Å². The van der Waals surface area contributed by atoms with E-state index >= 15 is 0 Å². The van der Waals surface area contributed by atoms with Crippen LogP contribution in [0, 0.1) is 11.8 Å². The maximum atomic E-state index is 12.2. The van der Waals surface area contributed by atoms with Gasteiger partial charge >= 0.3 is 12.1 Å². The molecule has 2 aromatic rings. The standard InChI is InChI=1S/C27H34N2O5/c1-18(13-14-25(30)31)16-29-26(32)19(2)8-7-15-28-27(33)34-17-24-22-11-5-3-9-20(22)21-10-4-6-12-23(21)24/h3-6,9-12,18-19,24H,7-8,13-17H2,1-2H3,(H,28,33)(H,29,32)(H,30,31). The molecule has 0 aromatic heterocycles. The highest BCUT2D eigenvalue weighted by Crippen LogP contribution is 2.44. The second-order valence-electron chi connectivity index (χ2n) is 9.08. The third-order valence-electron chi connectivity index (χ3n) is 6.35. The van der Waals surface area contributed by atoms with Crippen LogP contribution in [0.25, 0.3) is 11.1 Å². The smallest absolute Gasteiger partial charge is 0.407 e. The van der Waals surface area contributed by atoms with E-state index in [0.717, 1.165) is 0 Å². The van der Waals surface area contributed by atoms with Crippen LogP contribution >= 0.6 is 0 Å². The number of ether oxygens (including phenoxy) is 1. The van der Waals surface area contributed by atoms with Crippen LogP contribution in [0.15, 0.2) is 48.5 Å². The van der Waals surface area contributed by atoms with Gasteiger partial charge in [-0.15, -0.1) is 0 Å². The number of carbonyl (C=O) groups excluding carboxylic acids is 2. The monoisotopic (exact) mass is 466 g/mol. The number of hydrogen-bond acceptors (Lipinski definition) is 4. The second kappa shape index (κ2) is 12.2. The van der Waals surface area contributed by atoms with Gasteiger partial charge in [0.1, 0.15) is 6.61 Å². The van der Waals surface area contributed by atoms with Gasteiger partial charge in [0, 0.05) is 31.3 Å². The number of hydrogen-bond donors (Lipinski definition) is 3. The maximum Gasteiger partial charge on any atom is 0.407 e. The molecule has 7 heteroatoms. The summed E-state index contributed by atoms with van der Waals surface area (Å²) in [4.78, 5) is 35.1. The van der Waals surface area contributed by atoms with E-state index in [9.17, 15) is 14.4 Å². The van der Waals surface area contributed by atoms with Crippen molar-refractivity contribution >= 4 is 18.0 Å². The summed E-state index contributed by atoms with van der Waals surface area (Å²) in [6, 6.07) is 16.4. The Labute approximate surface area is 200 Å². The minimum absolute atomic E-state index is 0.0276. The third-order valence-corrected chi connectivity index (χ3v) is 6.35. The van der Waals surface area contributed by atoms with Gasteiger partial charge in [0.2, 0.25) is 5.91 Å². The molecule has 0 radical (unpaired) electrons. The molecular formula is C27H34N2O5. The topological polar surface area (TPSA) is 105 Å². The van der Waals surface area contributed by atoms with Gasteiger partial charge in [0.25, 0.3) is 0 Å². The Morgan fingerprint density at radius 3 is 2.18 bits per heavy atom. The van der Waals surface area contributed by atoms with E-state index in [0.29, 0.717) is 32.4 Å². The molecule has 2 unspecified atom stereocenters. The lowest BCUT2D eigenvalue weighted by Gasteiger charge is -2.16. The number of carboxylic acid groups (broad SMARTS) is 1. The minimum Gasteiger partial charge on any atom is -0.481 e. The van der Waals surface area contributed by atoms with E-state index < -0.39 is 12.1 Å². The molecule has 0 heterocycles. The highest BCUT2D eigenvalue weighted by molar-refractivity contribution is 5.79. The fraction of sp³-hybridized carbons (Fsp3) is 0.444. The molecule has 0 spiro atoms. The molecule has 2 atom stereocenters. The van der Waals surface area contributed by atoms with Crippen LogP contribution in [0.5, 0.6) is 0 Å². The van der Waals surface area contributed by atoms with Crippen molar-refractivity contribution in [3.63, 3.8) is 0 Å². The van der Waals surface area contributed by atoms with Gasteiger partial charge in [-0.3, -0.25) is 9.59 Å². The van der Waals surface area contributed by atoms with E-state index in [4.69, 9.17) is 9.84 Å². The fourth-order valence-corrected chi connectivity index (χ4v) is 4.30. The summed E-state index contributed by atoms with van der Waals surface area (Å²) in [7, 11) is 0. The first-order valence-electron chi connectivity index (χ1n) is 11.9. The number of aliphatic carboxylic acids is 1. The number of alkyl carbamates (subject to hydrolysis) is 1. The Morgan fingerprint density at radius 2 is 1.56 bits per heavy atom. The Kier molecular flexibility index (Phi) is 9.08. The van der Waals surface area contributed by atoms with Gasteiger partial charge in [-0.05, 0) is 47.4 Å². The zero-order chi connectivity index (χ0) is 24.5. The summed E-state index contributed by atoms with van der Waals surface area (Å²) in [5.74, 6) is -0.919. The molecule has 0 aliphatic heterocycles. The number of carbonyl (C=O) groups is 3. The van der Waals surface area contributed by atoms with Crippen molar-refractivity contribution in [1.29, 1.82) is 0 Å². The number of benzene rings is 2. The van der Waals surface area contributed by atoms with Crippen molar-refractivity contribution in [2.45, 2.75) is 45.4 Å². The van der Waals surface area contributed by atoms with Crippen LogP contribution in [0.1, 0.15) is 56.6 Å². The lowest BCUT2D eigenvalue weighted by atomic mass is 9.98. The lowest BCUT2D eigenvalue weighted by Crippen LogP contribution is -2.33. The molecule has 0 bridgehead atoms. The Balaban J connectivity index is 1.35. The highest BCUT2D eigenvalue weighted by atomic mass is 16.5. The molecular weight excluding hydrogens is 432 g/mol. The Hall–Kier alpha value is -3.35. The van der Waals surface area contributed by atoms with Crippen LogP contribution in [0.4, 0.5) is 4.79 Å². The number of nitrogens with one attached hydrogen (secondary N) is 2.